The Morgan fingerprint density at radius 1 is 0.347 bits per heavy atom. The average molecular weight is 1430 g/mol. The van der Waals surface area contributed by atoms with Gasteiger partial charge in [-0.3, -0.25) is 0 Å². The predicted molar refractivity (Wildman–Crippen MR) is 432 cm³/mol. The Hall–Kier alpha value is -3.90. The largest absolute Gasteiger partial charge is 0.339 e. The van der Waals surface area contributed by atoms with E-state index in [1.807, 2.05) is 22.7 Å². The Kier molecular flexibility index (Phi) is 23.2. The standard InChI is InChI=1S/C80H104N6S8Si/c1-11-21-27-29-39-85-61-43-55(41-51(17-7)31-23-13-3)87-75(61)77-63(85)45-65(89-77)57-35-37-59(73-71(57)81-93-83-73)67-47-69-79(91-67)80-70(95(69,49-53(19-9)33-25-15-5)50-54(20-10)34-26-16-6)48-68(92-80)60-38-36-58(72-74(60)84-94-82-72)66-46-64-78(90-66)76-62(86(64)40-30-28-22-12-2)44-56(88-76)42-52(18-8)32-24-14-4/h35-38,43-48,51-54H,11-34,39-42,49-50H2,1-10H3. The lowest BCUT2D eigenvalue weighted by molar-refractivity contribution is 0.452. The molecule has 0 aliphatic carbocycles. The fourth-order valence-electron chi connectivity index (χ4n) is 16.3. The quantitative estimate of drug-likeness (QED) is 0.0286. The minimum Gasteiger partial charge on any atom is -0.339 e. The zero-order chi connectivity index (χ0) is 65.7. The number of hydrogen-bond donors (Lipinski definition) is 0. The first-order valence-corrected chi connectivity index (χ1v) is 46.3. The fourth-order valence-corrected chi connectivity index (χ4v) is 33.1. The Morgan fingerprint density at radius 3 is 1.02 bits per heavy atom. The van der Waals surface area contributed by atoms with Crippen LogP contribution in [0.15, 0.2) is 60.7 Å². The van der Waals surface area contributed by atoms with Crippen LogP contribution < -0.4 is 10.4 Å². The lowest BCUT2D eigenvalue weighted by Gasteiger charge is -2.35. The molecule has 506 valence electrons. The predicted octanol–water partition coefficient (Wildman–Crippen LogP) is 27.6. The summed E-state index contributed by atoms with van der Waals surface area (Å²) in [6, 6.07) is 28.0. The van der Waals surface area contributed by atoms with E-state index < -0.39 is 8.07 Å². The Balaban J connectivity index is 0.896. The summed E-state index contributed by atoms with van der Waals surface area (Å²) < 4.78 is 32.3. The maximum atomic E-state index is 5.27. The van der Waals surface area contributed by atoms with Crippen molar-refractivity contribution in [2.45, 2.75) is 261 Å². The molecular formula is C80H104N6S8Si. The van der Waals surface area contributed by atoms with Gasteiger partial charge < -0.3 is 9.13 Å². The second kappa shape index (κ2) is 31.7. The van der Waals surface area contributed by atoms with Crippen molar-refractivity contribution in [1.29, 1.82) is 0 Å². The lowest BCUT2D eigenvalue weighted by atomic mass is 9.95. The number of rotatable bonds is 38. The van der Waals surface area contributed by atoms with Crippen molar-refractivity contribution < 1.29 is 0 Å². The van der Waals surface area contributed by atoms with Crippen molar-refractivity contribution >= 4 is 173 Å². The van der Waals surface area contributed by atoms with Crippen molar-refractivity contribution in [2.24, 2.45) is 23.7 Å². The van der Waals surface area contributed by atoms with E-state index in [4.69, 9.17) is 17.5 Å². The Morgan fingerprint density at radius 2 is 0.674 bits per heavy atom. The van der Waals surface area contributed by atoms with Crippen LogP contribution in [0.3, 0.4) is 0 Å². The van der Waals surface area contributed by atoms with E-state index in [1.165, 1.54) is 285 Å². The van der Waals surface area contributed by atoms with E-state index in [1.54, 1.807) is 29.9 Å². The van der Waals surface area contributed by atoms with Gasteiger partial charge in [-0.2, -0.15) is 17.5 Å². The summed E-state index contributed by atoms with van der Waals surface area (Å²) in [5, 5.41) is 3.43. The van der Waals surface area contributed by atoms with Gasteiger partial charge in [-0.05, 0) is 108 Å². The van der Waals surface area contributed by atoms with Crippen molar-refractivity contribution in [1.82, 2.24) is 26.6 Å². The maximum absolute atomic E-state index is 5.27. The summed E-state index contributed by atoms with van der Waals surface area (Å²) in [4.78, 5) is 11.6. The highest BCUT2D eigenvalue weighted by atomic mass is 32.1. The second-order valence-corrected chi connectivity index (χ2v) is 40.0. The highest BCUT2D eigenvalue weighted by Gasteiger charge is 2.50. The molecule has 0 amide bonds. The van der Waals surface area contributed by atoms with Crippen LogP contribution in [-0.4, -0.2) is 34.7 Å². The number of nitrogens with zero attached hydrogens (tertiary/aromatic N) is 6. The number of fused-ring (bicyclic) bond motifs is 11. The van der Waals surface area contributed by atoms with Crippen LogP contribution in [0.2, 0.25) is 12.1 Å². The summed E-state index contributed by atoms with van der Waals surface area (Å²) in [6.07, 6.45) is 33.1. The second-order valence-electron chi connectivity index (χ2n) is 28.4. The first-order valence-electron chi connectivity index (χ1n) is 37.5. The third-order valence-electron chi connectivity index (χ3n) is 22.0. The number of hydrogen-bond acceptors (Lipinski definition) is 12. The van der Waals surface area contributed by atoms with Crippen LogP contribution in [-0.2, 0) is 25.9 Å². The molecule has 0 spiro atoms. The zero-order valence-corrected chi connectivity index (χ0v) is 66.3. The van der Waals surface area contributed by atoms with Crippen LogP contribution in [0.1, 0.15) is 233 Å². The minimum atomic E-state index is -2.38. The summed E-state index contributed by atoms with van der Waals surface area (Å²) in [5.41, 5.74) is 14.9. The molecule has 2 aromatic carbocycles. The monoisotopic (exact) mass is 1430 g/mol. The van der Waals surface area contributed by atoms with Crippen LogP contribution in [0, 0.1) is 23.7 Å². The van der Waals surface area contributed by atoms with Crippen molar-refractivity contribution in [2.75, 3.05) is 0 Å². The average Bonchev–Trinajstić information content (AvgIpc) is 1.55. The normalized spacial score (nSPS) is 15.6. The number of unbranched alkanes of at least 4 members (excludes halogenated alkanes) is 10. The Labute approximate surface area is 601 Å². The van der Waals surface area contributed by atoms with Gasteiger partial charge in [0.2, 0.25) is 0 Å². The summed E-state index contributed by atoms with van der Waals surface area (Å²) in [6.45, 7) is 26.0. The number of aromatic nitrogens is 6. The number of benzene rings is 2. The van der Waals surface area contributed by atoms with Gasteiger partial charge in [-0.1, -0.05) is 235 Å². The highest BCUT2D eigenvalue weighted by molar-refractivity contribution is 7.32. The summed E-state index contributed by atoms with van der Waals surface area (Å²) >= 11 is 15.1. The maximum Gasteiger partial charge on any atom is 0.122 e. The van der Waals surface area contributed by atoms with Gasteiger partial charge in [0.1, 0.15) is 30.1 Å². The molecule has 0 fully saturated rings. The van der Waals surface area contributed by atoms with Crippen LogP contribution >= 0.6 is 91.5 Å². The molecule has 6 nitrogen and oxygen atoms in total. The first-order chi connectivity index (χ1) is 46.6. The molecule has 11 heterocycles. The van der Waals surface area contributed by atoms with Crippen LogP contribution in [0.5, 0.6) is 0 Å². The fraction of sp³-hybridized carbons (Fsp3) is 0.550. The molecule has 0 radical (unpaired) electrons. The van der Waals surface area contributed by atoms with E-state index in [0.29, 0.717) is 11.8 Å². The number of thiophene rings is 6. The summed E-state index contributed by atoms with van der Waals surface area (Å²) in [5.74, 6) is 2.92. The van der Waals surface area contributed by atoms with Crippen LogP contribution in [0.4, 0.5) is 0 Å². The van der Waals surface area contributed by atoms with Gasteiger partial charge in [0, 0.05) is 74.4 Å². The van der Waals surface area contributed by atoms with Gasteiger partial charge in [-0.15, -0.1) is 68.0 Å². The van der Waals surface area contributed by atoms with Gasteiger partial charge in [-0.25, -0.2) is 0 Å². The van der Waals surface area contributed by atoms with Crippen molar-refractivity contribution in [3.8, 4) is 51.5 Å². The Bertz CT molecular complexity index is 4220. The molecule has 0 saturated carbocycles. The van der Waals surface area contributed by atoms with Crippen molar-refractivity contribution in [3.63, 3.8) is 0 Å². The zero-order valence-electron chi connectivity index (χ0n) is 58.7. The number of aryl methyl sites for hydroxylation is 2. The smallest absolute Gasteiger partial charge is 0.122 e. The molecule has 12 aromatic rings. The molecule has 13 rings (SSSR count). The van der Waals surface area contributed by atoms with Gasteiger partial charge >= 0.3 is 0 Å². The molecule has 95 heavy (non-hydrogen) atoms. The molecule has 1 aliphatic heterocycles. The molecule has 1 aliphatic rings. The van der Waals surface area contributed by atoms with E-state index in [0.717, 1.165) is 47.0 Å². The van der Waals surface area contributed by atoms with Gasteiger partial charge in [0.15, 0.2) is 0 Å². The lowest BCUT2D eigenvalue weighted by Crippen LogP contribution is -2.56. The minimum absolute atomic E-state index is 0.699. The topological polar surface area (TPSA) is 61.4 Å². The first kappa shape index (κ1) is 69.6. The highest BCUT2D eigenvalue weighted by Crippen LogP contribution is 2.53. The van der Waals surface area contributed by atoms with E-state index in [9.17, 15) is 0 Å². The molecule has 0 bridgehead atoms. The van der Waals surface area contributed by atoms with E-state index in [2.05, 4.69) is 184 Å². The molecule has 0 N–H and O–H groups in total. The molecule has 4 atom stereocenters. The SMILES string of the molecule is CCCCCCn1c2cc(CC(CC)CCCC)sc2c2sc(-c3ccc(-c4cc5c(s4)-c4sc(-c6ccc(-c7cc8c(s7)c7sc(CC(CC)CCCC)cc7n8CCCCCC)c7nsnc67)cc4[Si]5(CC(CC)CCCC)CC(CC)CCCC)c4nsnc34)cc21. The third-order valence-corrected chi connectivity index (χ3v) is 36.3. The van der Waals surface area contributed by atoms with E-state index >= 15 is 0 Å². The van der Waals surface area contributed by atoms with E-state index in [-0.39, 0.29) is 0 Å². The van der Waals surface area contributed by atoms with Crippen molar-refractivity contribution in [3.05, 3.63) is 70.4 Å². The molecular weight excluding hydrogens is 1330 g/mol. The van der Waals surface area contributed by atoms with Gasteiger partial charge in [0.25, 0.3) is 0 Å². The molecule has 10 aromatic heterocycles. The molecule has 0 saturated heterocycles. The third kappa shape index (κ3) is 13.9. The van der Waals surface area contributed by atoms with Crippen LogP contribution in [0.25, 0.3) is 114 Å². The van der Waals surface area contributed by atoms with Gasteiger partial charge in [0.05, 0.1) is 64.3 Å². The summed E-state index contributed by atoms with van der Waals surface area (Å²) in [7, 11) is -2.38. The molecule has 15 heteroatoms. The molecule has 4 unspecified atom stereocenters.